The van der Waals surface area contributed by atoms with Gasteiger partial charge in [-0.2, -0.15) is 4.31 Å². The first-order valence-electron chi connectivity index (χ1n) is 10.6. The second-order valence-corrected chi connectivity index (χ2v) is 9.74. The third kappa shape index (κ3) is 5.64. The molecule has 1 aromatic heterocycles. The van der Waals surface area contributed by atoms with Crippen LogP contribution in [0.25, 0.3) is 0 Å². The third-order valence-electron chi connectivity index (χ3n) is 5.60. The molecule has 0 atom stereocenters. The summed E-state index contributed by atoms with van der Waals surface area (Å²) < 4.78 is 58.8. The zero-order chi connectivity index (χ0) is 23.4. The van der Waals surface area contributed by atoms with Gasteiger partial charge in [0.05, 0.1) is 25.4 Å². The van der Waals surface area contributed by atoms with Gasteiger partial charge >= 0.3 is 0 Å². The largest absolute Gasteiger partial charge is 0.379 e. The normalized spacial score (nSPS) is 18.3. The number of benzene rings is 1. The average Bonchev–Trinajstić information content (AvgIpc) is 2.82. The third-order valence-corrected chi connectivity index (χ3v) is 7.48. The fourth-order valence-corrected chi connectivity index (χ4v) is 5.12. The van der Waals surface area contributed by atoms with E-state index in [0.717, 1.165) is 12.1 Å². The van der Waals surface area contributed by atoms with Gasteiger partial charge in [0.15, 0.2) is 0 Å². The number of carbonyl (C=O) groups excluding carboxylic acids is 1. The lowest BCUT2D eigenvalue weighted by atomic mass is 10.2. The monoisotopic (exact) mass is 481 g/mol. The standard InChI is InChI=1S/C21H25F2N5O4S/c22-16-1-3-19(18(23)13-16)25-21(29)15-26-5-7-27(8-6-26)20-4-2-17(14-24-20)33(30,31)28-9-11-32-12-10-28/h1-4,13-14H,5-12,15H2,(H,25,29). The molecule has 9 nitrogen and oxygen atoms in total. The zero-order valence-electron chi connectivity index (χ0n) is 17.9. The molecule has 2 aliphatic rings. The van der Waals surface area contributed by atoms with E-state index in [0.29, 0.717) is 58.3 Å². The molecule has 0 unspecified atom stereocenters. The Balaban J connectivity index is 1.29. The molecule has 2 aromatic rings. The van der Waals surface area contributed by atoms with Crippen LogP contribution in [0.1, 0.15) is 0 Å². The maximum absolute atomic E-state index is 13.7. The highest BCUT2D eigenvalue weighted by Crippen LogP contribution is 2.20. The lowest BCUT2D eigenvalue weighted by molar-refractivity contribution is -0.117. The van der Waals surface area contributed by atoms with Crippen LogP contribution in [0, 0.1) is 11.6 Å². The van der Waals surface area contributed by atoms with Gasteiger partial charge in [-0.3, -0.25) is 9.69 Å². The van der Waals surface area contributed by atoms with Gasteiger partial charge < -0.3 is 15.0 Å². The summed E-state index contributed by atoms with van der Waals surface area (Å²) in [5.41, 5.74) is -0.0589. The van der Waals surface area contributed by atoms with Crippen molar-refractivity contribution in [3.05, 3.63) is 48.2 Å². The molecule has 1 amide bonds. The highest BCUT2D eigenvalue weighted by molar-refractivity contribution is 7.89. The number of sulfonamides is 1. The van der Waals surface area contributed by atoms with E-state index in [-0.39, 0.29) is 23.0 Å². The quantitative estimate of drug-likeness (QED) is 0.661. The van der Waals surface area contributed by atoms with Crippen molar-refractivity contribution in [1.29, 1.82) is 0 Å². The molecule has 4 rings (SSSR count). The average molecular weight is 482 g/mol. The minimum absolute atomic E-state index is 0.0589. The lowest BCUT2D eigenvalue weighted by Gasteiger charge is -2.35. The van der Waals surface area contributed by atoms with Gasteiger partial charge in [0, 0.05) is 51.5 Å². The molecule has 0 radical (unpaired) electrons. The number of aromatic nitrogens is 1. The fraction of sp³-hybridized carbons (Fsp3) is 0.429. The molecule has 1 N–H and O–H groups in total. The maximum atomic E-state index is 13.7. The number of nitrogens with one attached hydrogen (secondary N) is 1. The summed E-state index contributed by atoms with van der Waals surface area (Å²) in [6.45, 7) is 3.85. The molecular weight excluding hydrogens is 456 g/mol. The molecule has 0 saturated carbocycles. The van der Waals surface area contributed by atoms with Crippen LogP contribution < -0.4 is 10.2 Å². The number of halogens is 2. The molecule has 178 valence electrons. The van der Waals surface area contributed by atoms with E-state index in [4.69, 9.17) is 4.74 Å². The van der Waals surface area contributed by atoms with E-state index >= 15 is 0 Å². The number of pyridine rings is 1. The van der Waals surface area contributed by atoms with E-state index < -0.39 is 21.7 Å². The molecular formula is C21H25F2N5O4S. The second-order valence-electron chi connectivity index (χ2n) is 7.80. The highest BCUT2D eigenvalue weighted by Gasteiger charge is 2.27. The summed E-state index contributed by atoms with van der Waals surface area (Å²) in [4.78, 5) is 20.6. The van der Waals surface area contributed by atoms with E-state index in [1.54, 1.807) is 12.1 Å². The smallest absolute Gasteiger partial charge is 0.244 e. The Hall–Kier alpha value is -2.67. The minimum atomic E-state index is -3.59. The summed E-state index contributed by atoms with van der Waals surface area (Å²) in [5, 5.41) is 2.46. The van der Waals surface area contributed by atoms with E-state index in [1.165, 1.54) is 16.6 Å². The lowest BCUT2D eigenvalue weighted by Crippen LogP contribution is -2.49. The van der Waals surface area contributed by atoms with E-state index in [9.17, 15) is 22.0 Å². The number of amides is 1. The Labute approximate surface area is 191 Å². The first kappa shape index (κ1) is 23.5. The predicted molar refractivity (Wildman–Crippen MR) is 117 cm³/mol. The van der Waals surface area contributed by atoms with Crippen LogP contribution in [0.2, 0.25) is 0 Å². The molecule has 0 aliphatic carbocycles. The number of ether oxygens (including phenoxy) is 1. The second kappa shape index (κ2) is 10.1. The molecule has 33 heavy (non-hydrogen) atoms. The Bertz CT molecular complexity index is 1090. The van der Waals surface area contributed by atoms with Gasteiger partial charge in [0.2, 0.25) is 15.9 Å². The highest BCUT2D eigenvalue weighted by atomic mass is 32.2. The number of nitrogens with zero attached hydrogens (tertiary/aromatic N) is 4. The van der Waals surface area contributed by atoms with Gasteiger partial charge in [-0.1, -0.05) is 0 Å². The van der Waals surface area contributed by atoms with Gasteiger partial charge in [-0.25, -0.2) is 22.2 Å². The van der Waals surface area contributed by atoms with Crippen molar-refractivity contribution < 1.29 is 26.7 Å². The molecule has 2 aliphatic heterocycles. The SMILES string of the molecule is O=C(CN1CCN(c2ccc(S(=O)(=O)N3CCOCC3)cn2)CC1)Nc1ccc(F)cc1F. The molecule has 3 heterocycles. The minimum Gasteiger partial charge on any atom is -0.379 e. The first-order chi connectivity index (χ1) is 15.8. The first-order valence-corrected chi connectivity index (χ1v) is 12.0. The zero-order valence-corrected chi connectivity index (χ0v) is 18.7. The molecule has 2 fully saturated rings. The summed E-state index contributed by atoms with van der Waals surface area (Å²) in [5.74, 6) is -1.25. The number of morpholine rings is 1. The van der Waals surface area contributed by atoms with Crippen LogP contribution in [-0.4, -0.2) is 87.5 Å². The van der Waals surface area contributed by atoms with Crippen molar-refractivity contribution in [3.63, 3.8) is 0 Å². The summed E-state index contributed by atoms with van der Waals surface area (Å²) in [7, 11) is -3.59. The Morgan fingerprint density at radius 1 is 1.03 bits per heavy atom. The van der Waals surface area contributed by atoms with Gasteiger partial charge in [-0.15, -0.1) is 0 Å². The van der Waals surface area contributed by atoms with Crippen LogP contribution in [0.5, 0.6) is 0 Å². The number of piperazine rings is 1. The van der Waals surface area contributed by atoms with Crippen LogP contribution in [0.4, 0.5) is 20.3 Å². The van der Waals surface area contributed by atoms with Crippen molar-refractivity contribution in [2.45, 2.75) is 4.90 Å². The molecule has 1 aromatic carbocycles. The van der Waals surface area contributed by atoms with Crippen LogP contribution in [0.3, 0.4) is 0 Å². The van der Waals surface area contributed by atoms with Crippen molar-refractivity contribution in [2.24, 2.45) is 0 Å². The fourth-order valence-electron chi connectivity index (χ4n) is 3.77. The van der Waals surface area contributed by atoms with Crippen molar-refractivity contribution in [3.8, 4) is 0 Å². The summed E-state index contributed by atoms with van der Waals surface area (Å²) in [6.07, 6.45) is 1.37. The van der Waals surface area contributed by atoms with Gasteiger partial charge in [-0.05, 0) is 24.3 Å². The van der Waals surface area contributed by atoms with Crippen molar-refractivity contribution >= 4 is 27.4 Å². The number of hydrogen-bond acceptors (Lipinski definition) is 7. The number of carbonyl (C=O) groups is 1. The Kier molecular flexibility index (Phi) is 7.17. The van der Waals surface area contributed by atoms with Crippen LogP contribution in [-0.2, 0) is 19.6 Å². The Morgan fingerprint density at radius 2 is 1.76 bits per heavy atom. The summed E-state index contributed by atoms with van der Waals surface area (Å²) >= 11 is 0. The van der Waals surface area contributed by atoms with E-state index in [1.807, 2.05) is 9.80 Å². The molecule has 2 saturated heterocycles. The predicted octanol–water partition coefficient (Wildman–Crippen LogP) is 1.14. The van der Waals surface area contributed by atoms with Crippen molar-refractivity contribution in [2.75, 3.05) is 69.2 Å². The van der Waals surface area contributed by atoms with Crippen LogP contribution >= 0.6 is 0 Å². The van der Waals surface area contributed by atoms with Gasteiger partial charge in [0.25, 0.3) is 0 Å². The number of rotatable bonds is 6. The Morgan fingerprint density at radius 3 is 2.39 bits per heavy atom. The van der Waals surface area contributed by atoms with Crippen LogP contribution in [0.15, 0.2) is 41.4 Å². The topological polar surface area (TPSA) is 95.1 Å². The van der Waals surface area contributed by atoms with E-state index in [2.05, 4.69) is 10.3 Å². The number of anilines is 2. The molecule has 0 spiro atoms. The van der Waals surface area contributed by atoms with Crippen molar-refractivity contribution in [1.82, 2.24) is 14.2 Å². The molecule has 0 bridgehead atoms. The van der Waals surface area contributed by atoms with Gasteiger partial charge in [0.1, 0.15) is 22.3 Å². The molecule has 12 heteroatoms. The summed E-state index contributed by atoms with van der Waals surface area (Å²) in [6, 6.07) is 6.24. The number of hydrogen-bond donors (Lipinski definition) is 1. The maximum Gasteiger partial charge on any atom is 0.244 e.